The Bertz CT molecular complexity index is 554. The summed E-state index contributed by atoms with van der Waals surface area (Å²) in [5.74, 6) is 0.304. The first-order valence-corrected chi connectivity index (χ1v) is 6.25. The standard InChI is InChI=1S/C15H16ClNO/c1-10-6-7-14(9-15(10)18)17-11(2)12-4-3-5-13(16)8-12/h3-9,11,17-18H,1-2H3. The van der Waals surface area contributed by atoms with Gasteiger partial charge in [-0.05, 0) is 43.2 Å². The fourth-order valence-electron chi connectivity index (χ4n) is 1.81. The highest BCUT2D eigenvalue weighted by molar-refractivity contribution is 6.30. The zero-order valence-corrected chi connectivity index (χ0v) is 11.2. The van der Waals surface area contributed by atoms with E-state index in [1.807, 2.05) is 43.3 Å². The Morgan fingerprint density at radius 2 is 1.94 bits per heavy atom. The maximum Gasteiger partial charge on any atom is 0.120 e. The molecule has 0 aromatic heterocycles. The van der Waals surface area contributed by atoms with Crippen LogP contribution in [-0.2, 0) is 0 Å². The number of rotatable bonds is 3. The predicted octanol–water partition coefficient (Wildman–Crippen LogP) is 4.53. The molecule has 0 aliphatic heterocycles. The summed E-state index contributed by atoms with van der Waals surface area (Å²) in [7, 11) is 0. The summed E-state index contributed by atoms with van der Waals surface area (Å²) < 4.78 is 0. The summed E-state index contributed by atoms with van der Waals surface area (Å²) in [6.07, 6.45) is 0. The number of aryl methyl sites for hydroxylation is 1. The molecular weight excluding hydrogens is 246 g/mol. The zero-order chi connectivity index (χ0) is 13.1. The Morgan fingerprint density at radius 1 is 1.17 bits per heavy atom. The van der Waals surface area contributed by atoms with Crippen molar-refractivity contribution in [1.29, 1.82) is 0 Å². The molecule has 18 heavy (non-hydrogen) atoms. The number of benzene rings is 2. The van der Waals surface area contributed by atoms with Crippen molar-refractivity contribution in [2.24, 2.45) is 0 Å². The van der Waals surface area contributed by atoms with Crippen LogP contribution in [0.4, 0.5) is 5.69 Å². The molecule has 94 valence electrons. The summed E-state index contributed by atoms with van der Waals surface area (Å²) in [5, 5.41) is 13.7. The second-order valence-corrected chi connectivity index (χ2v) is 4.86. The molecular formula is C15H16ClNO. The van der Waals surface area contributed by atoms with Crippen molar-refractivity contribution in [3.8, 4) is 5.75 Å². The summed E-state index contributed by atoms with van der Waals surface area (Å²) in [4.78, 5) is 0. The third-order valence-electron chi connectivity index (χ3n) is 2.94. The van der Waals surface area contributed by atoms with Crippen LogP contribution >= 0.6 is 11.6 Å². The Kier molecular flexibility index (Phi) is 3.78. The van der Waals surface area contributed by atoms with Crippen LogP contribution < -0.4 is 5.32 Å². The number of halogens is 1. The molecule has 1 unspecified atom stereocenters. The van der Waals surface area contributed by atoms with Crippen molar-refractivity contribution in [3.63, 3.8) is 0 Å². The van der Waals surface area contributed by atoms with Gasteiger partial charge < -0.3 is 10.4 Å². The summed E-state index contributed by atoms with van der Waals surface area (Å²) in [6.45, 7) is 3.93. The summed E-state index contributed by atoms with van der Waals surface area (Å²) in [5.41, 5.74) is 2.88. The van der Waals surface area contributed by atoms with Crippen LogP contribution in [0.2, 0.25) is 5.02 Å². The molecule has 2 N–H and O–H groups in total. The quantitative estimate of drug-likeness (QED) is 0.851. The van der Waals surface area contributed by atoms with Crippen LogP contribution in [0.15, 0.2) is 42.5 Å². The van der Waals surface area contributed by atoms with Crippen LogP contribution in [0.3, 0.4) is 0 Å². The number of anilines is 1. The van der Waals surface area contributed by atoms with Gasteiger partial charge >= 0.3 is 0 Å². The van der Waals surface area contributed by atoms with E-state index >= 15 is 0 Å². The average molecular weight is 262 g/mol. The van der Waals surface area contributed by atoms with Crippen LogP contribution in [0, 0.1) is 6.92 Å². The molecule has 2 aromatic carbocycles. The first kappa shape index (κ1) is 12.8. The van der Waals surface area contributed by atoms with Gasteiger partial charge in [0.2, 0.25) is 0 Å². The molecule has 0 spiro atoms. The third kappa shape index (κ3) is 2.96. The predicted molar refractivity (Wildman–Crippen MR) is 76.3 cm³/mol. The number of phenols is 1. The van der Waals surface area contributed by atoms with Gasteiger partial charge in [-0.25, -0.2) is 0 Å². The highest BCUT2D eigenvalue weighted by Crippen LogP contribution is 2.25. The second-order valence-electron chi connectivity index (χ2n) is 4.42. The molecule has 2 nitrogen and oxygen atoms in total. The van der Waals surface area contributed by atoms with Crippen LogP contribution in [0.5, 0.6) is 5.75 Å². The summed E-state index contributed by atoms with van der Waals surface area (Å²) >= 11 is 5.97. The molecule has 0 aliphatic carbocycles. The van der Waals surface area contributed by atoms with Gasteiger partial charge in [-0.3, -0.25) is 0 Å². The molecule has 3 heteroatoms. The zero-order valence-electron chi connectivity index (χ0n) is 10.4. The van der Waals surface area contributed by atoms with E-state index in [-0.39, 0.29) is 6.04 Å². The SMILES string of the molecule is Cc1ccc(NC(C)c2cccc(Cl)c2)cc1O. The average Bonchev–Trinajstić information content (AvgIpc) is 2.34. The smallest absolute Gasteiger partial charge is 0.120 e. The third-order valence-corrected chi connectivity index (χ3v) is 3.18. The van der Waals surface area contributed by atoms with Gasteiger partial charge in [0.15, 0.2) is 0 Å². The number of hydrogen-bond acceptors (Lipinski definition) is 2. The van der Waals surface area contributed by atoms with E-state index in [1.54, 1.807) is 6.07 Å². The molecule has 0 saturated carbocycles. The molecule has 0 amide bonds. The molecule has 0 bridgehead atoms. The summed E-state index contributed by atoms with van der Waals surface area (Å²) in [6, 6.07) is 13.5. The van der Waals surface area contributed by atoms with E-state index in [9.17, 15) is 5.11 Å². The van der Waals surface area contributed by atoms with Crippen molar-refractivity contribution in [3.05, 3.63) is 58.6 Å². The van der Waals surface area contributed by atoms with Gasteiger partial charge in [-0.15, -0.1) is 0 Å². The molecule has 0 fully saturated rings. The molecule has 0 radical (unpaired) electrons. The van der Waals surface area contributed by atoms with Gasteiger partial charge in [-0.1, -0.05) is 29.8 Å². The molecule has 0 saturated heterocycles. The highest BCUT2D eigenvalue weighted by atomic mass is 35.5. The molecule has 1 atom stereocenters. The van der Waals surface area contributed by atoms with Crippen molar-refractivity contribution in [2.75, 3.05) is 5.32 Å². The van der Waals surface area contributed by atoms with E-state index < -0.39 is 0 Å². The second kappa shape index (κ2) is 5.32. The van der Waals surface area contributed by atoms with Gasteiger partial charge in [0.05, 0.1) is 0 Å². The lowest BCUT2D eigenvalue weighted by molar-refractivity contribution is 0.471. The Morgan fingerprint density at radius 3 is 2.61 bits per heavy atom. The lowest BCUT2D eigenvalue weighted by Gasteiger charge is -2.16. The van der Waals surface area contributed by atoms with Crippen molar-refractivity contribution in [1.82, 2.24) is 0 Å². The van der Waals surface area contributed by atoms with Gasteiger partial charge in [-0.2, -0.15) is 0 Å². The minimum Gasteiger partial charge on any atom is -0.508 e. The maximum atomic E-state index is 9.67. The minimum atomic E-state index is 0.130. The van der Waals surface area contributed by atoms with Crippen molar-refractivity contribution >= 4 is 17.3 Å². The number of hydrogen-bond donors (Lipinski definition) is 2. The number of aromatic hydroxyl groups is 1. The number of nitrogens with one attached hydrogen (secondary N) is 1. The fraction of sp³-hybridized carbons (Fsp3) is 0.200. The maximum absolute atomic E-state index is 9.67. The molecule has 2 rings (SSSR count). The first-order valence-electron chi connectivity index (χ1n) is 5.88. The van der Waals surface area contributed by atoms with Crippen molar-refractivity contribution in [2.45, 2.75) is 19.9 Å². The highest BCUT2D eigenvalue weighted by Gasteiger charge is 2.06. The van der Waals surface area contributed by atoms with E-state index in [2.05, 4.69) is 12.2 Å². The minimum absolute atomic E-state index is 0.130. The van der Waals surface area contributed by atoms with E-state index in [4.69, 9.17) is 11.6 Å². The lowest BCUT2D eigenvalue weighted by atomic mass is 10.1. The van der Waals surface area contributed by atoms with Gasteiger partial charge in [0.1, 0.15) is 5.75 Å². The molecule has 2 aromatic rings. The lowest BCUT2D eigenvalue weighted by Crippen LogP contribution is -2.06. The number of phenolic OH excluding ortho intramolecular Hbond substituents is 1. The van der Waals surface area contributed by atoms with Gasteiger partial charge in [0, 0.05) is 22.8 Å². The van der Waals surface area contributed by atoms with Crippen LogP contribution in [0.1, 0.15) is 24.1 Å². The normalized spacial score (nSPS) is 12.2. The Hall–Kier alpha value is -1.67. The topological polar surface area (TPSA) is 32.3 Å². The van der Waals surface area contributed by atoms with Gasteiger partial charge in [0.25, 0.3) is 0 Å². The van der Waals surface area contributed by atoms with Crippen LogP contribution in [0.25, 0.3) is 0 Å². The van der Waals surface area contributed by atoms with E-state index in [1.165, 1.54) is 0 Å². The fourth-order valence-corrected chi connectivity index (χ4v) is 2.01. The van der Waals surface area contributed by atoms with E-state index in [0.29, 0.717) is 5.75 Å². The Labute approximate surface area is 112 Å². The Balaban J connectivity index is 2.16. The molecule has 0 aliphatic rings. The van der Waals surface area contributed by atoms with Crippen molar-refractivity contribution < 1.29 is 5.11 Å². The monoisotopic (exact) mass is 261 g/mol. The largest absolute Gasteiger partial charge is 0.508 e. The molecule has 0 heterocycles. The van der Waals surface area contributed by atoms with Crippen LogP contribution in [-0.4, -0.2) is 5.11 Å². The van der Waals surface area contributed by atoms with E-state index in [0.717, 1.165) is 21.8 Å². The first-order chi connectivity index (χ1) is 8.56.